The van der Waals surface area contributed by atoms with Gasteiger partial charge in [0.2, 0.25) is 0 Å². The maximum Gasteiger partial charge on any atom is 0.251 e. The van der Waals surface area contributed by atoms with Gasteiger partial charge in [0.25, 0.3) is 5.91 Å². The molecule has 0 aliphatic carbocycles. The molecule has 0 N–H and O–H groups in total. The Morgan fingerprint density at radius 2 is 2.25 bits per heavy atom. The Hall–Kier alpha value is -1.55. The maximum absolute atomic E-state index is 12.1. The van der Waals surface area contributed by atoms with Crippen LogP contribution in [-0.4, -0.2) is 37.6 Å². The van der Waals surface area contributed by atoms with E-state index in [1.54, 1.807) is 12.0 Å². The summed E-state index contributed by atoms with van der Waals surface area (Å²) in [4.78, 5) is 13.8. The van der Waals surface area contributed by atoms with E-state index in [1.165, 1.54) is 0 Å². The number of likely N-dealkylation sites (N-methyl/N-ethyl adjacent to an activating group) is 1. The molecule has 0 spiro atoms. The van der Waals surface area contributed by atoms with Crippen LogP contribution in [0.15, 0.2) is 24.3 Å². The summed E-state index contributed by atoms with van der Waals surface area (Å²) in [5.74, 6) is 0.860. The van der Waals surface area contributed by atoms with Crippen LogP contribution in [0.25, 0.3) is 0 Å². The van der Waals surface area contributed by atoms with E-state index in [-0.39, 0.29) is 5.91 Å². The van der Waals surface area contributed by atoms with Crippen molar-refractivity contribution in [2.24, 2.45) is 0 Å². The third-order valence-electron chi connectivity index (χ3n) is 4.14. The normalized spacial score (nSPS) is 27.3. The number of nitrogens with zero attached hydrogens (tertiary/aromatic N) is 1. The molecular formula is C16H23NO3. The highest BCUT2D eigenvalue weighted by atomic mass is 16.5. The van der Waals surface area contributed by atoms with Gasteiger partial charge in [-0.1, -0.05) is 19.1 Å². The quantitative estimate of drug-likeness (QED) is 0.852. The monoisotopic (exact) mass is 277 g/mol. The average molecular weight is 277 g/mol. The second kappa shape index (κ2) is 5.83. The second-order valence-corrected chi connectivity index (χ2v) is 5.35. The molecule has 2 unspecified atom stereocenters. The fourth-order valence-corrected chi connectivity index (χ4v) is 2.80. The molecule has 1 aliphatic heterocycles. The maximum atomic E-state index is 12.1. The predicted octanol–water partition coefficient (Wildman–Crippen LogP) is 2.57. The molecule has 110 valence electrons. The second-order valence-electron chi connectivity index (χ2n) is 5.35. The molecule has 1 amide bonds. The summed E-state index contributed by atoms with van der Waals surface area (Å²) >= 11 is 0. The number of carbonyl (C=O) groups excluding carboxylic acids is 1. The van der Waals surface area contributed by atoms with Gasteiger partial charge in [0, 0.05) is 13.6 Å². The Morgan fingerprint density at radius 3 is 2.90 bits per heavy atom. The molecule has 4 heteroatoms. The fraction of sp³-hybridized carbons (Fsp3) is 0.562. The lowest BCUT2D eigenvalue weighted by atomic mass is 9.87. The van der Waals surface area contributed by atoms with Crippen LogP contribution < -0.4 is 4.74 Å². The summed E-state index contributed by atoms with van der Waals surface area (Å²) in [6.45, 7) is 4.63. The zero-order valence-electron chi connectivity index (χ0n) is 12.7. The molecule has 1 aromatic carbocycles. The van der Waals surface area contributed by atoms with Gasteiger partial charge in [-0.05, 0) is 37.5 Å². The van der Waals surface area contributed by atoms with Gasteiger partial charge < -0.3 is 14.4 Å². The summed E-state index contributed by atoms with van der Waals surface area (Å²) in [5.41, 5.74) is 0.656. The minimum atomic E-state index is -0.423. The van der Waals surface area contributed by atoms with Gasteiger partial charge in [-0.15, -0.1) is 0 Å². The third kappa shape index (κ3) is 2.66. The summed E-state index contributed by atoms with van der Waals surface area (Å²) in [7, 11) is 3.49. The van der Waals surface area contributed by atoms with E-state index in [0.717, 1.165) is 24.2 Å². The lowest BCUT2D eigenvalue weighted by Gasteiger charge is -2.33. The highest BCUT2D eigenvalue weighted by molar-refractivity contribution is 5.80. The van der Waals surface area contributed by atoms with Crippen molar-refractivity contribution in [2.45, 2.75) is 38.4 Å². The number of methoxy groups -OCH3 is 1. The molecule has 2 atom stereocenters. The molecule has 4 nitrogen and oxygen atoms in total. The molecule has 20 heavy (non-hydrogen) atoms. The van der Waals surface area contributed by atoms with Gasteiger partial charge in [0.1, 0.15) is 11.9 Å². The van der Waals surface area contributed by atoms with Crippen molar-refractivity contribution in [3.63, 3.8) is 0 Å². The van der Waals surface area contributed by atoms with E-state index < -0.39 is 11.7 Å². The van der Waals surface area contributed by atoms with Crippen molar-refractivity contribution in [1.82, 2.24) is 4.90 Å². The highest BCUT2D eigenvalue weighted by Gasteiger charge is 2.39. The molecule has 0 saturated carbocycles. The first kappa shape index (κ1) is 14.9. The van der Waals surface area contributed by atoms with E-state index in [0.29, 0.717) is 6.54 Å². The Labute approximate surface area is 120 Å². The van der Waals surface area contributed by atoms with Crippen molar-refractivity contribution in [3.8, 4) is 5.75 Å². The van der Waals surface area contributed by atoms with Gasteiger partial charge >= 0.3 is 0 Å². The van der Waals surface area contributed by atoms with Gasteiger partial charge in [-0.25, -0.2) is 0 Å². The van der Waals surface area contributed by atoms with Crippen LogP contribution in [0.2, 0.25) is 0 Å². The van der Waals surface area contributed by atoms with Gasteiger partial charge in [0.15, 0.2) is 0 Å². The largest absolute Gasteiger partial charge is 0.497 e. The van der Waals surface area contributed by atoms with Crippen LogP contribution in [0.3, 0.4) is 0 Å². The predicted molar refractivity (Wildman–Crippen MR) is 77.8 cm³/mol. The first-order valence-electron chi connectivity index (χ1n) is 7.09. The summed E-state index contributed by atoms with van der Waals surface area (Å²) in [5, 5.41) is 0. The van der Waals surface area contributed by atoms with Crippen LogP contribution in [0.1, 0.15) is 32.3 Å². The molecule has 0 radical (unpaired) electrons. The van der Waals surface area contributed by atoms with Crippen molar-refractivity contribution >= 4 is 5.91 Å². The number of amides is 1. The first-order valence-corrected chi connectivity index (χ1v) is 7.09. The van der Waals surface area contributed by atoms with Crippen LogP contribution in [0.5, 0.6) is 5.75 Å². The first-order chi connectivity index (χ1) is 9.52. The standard InChI is InChI=1S/C16H23NO3/c1-5-16(13-7-6-8-14(11-13)19-4)9-10-17(3)15(18)12(2)20-16/h6-8,11-12H,5,9-10H2,1-4H3. The number of rotatable bonds is 3. The van der Waals surface area contributed by atoms with E-state index in [4.69, 9.17) is 9.47 Å². The van der Waals surface area contributed by atoms with Gasteiger partial charge in [0.05, 0.1) is 12.7 Å². The topological polar surface area (TPSA) is 38.8 Å². The number of carbonyl (C=O) groups is 1. The fourth-order valence-electron chi connectivity index (χ4n) is 2.80. The van der Waals surface area contributed by atoms with E-state index in [2.05, 4.69) is 13.0 Å². The van der Waals surface area contributed by atoms with Crippen LogP contribution in [0.4, 0.5) is 0 Å². The molecule has 2 rings (SSSR count). The number of ether oxygens (including phenoxy) is 2. The third-order valence-corrected chi connectivity index (χ3v) is 4.14. The van der Waals surface area contributed by atoms with Crippen molar-refractivity contribution in [3.05, 3.63) is 29.8 Å². The summed E-state index contributed by atoms with van der Waals surface area (Å²) < 4.78 is 11.5. The summed E-state index contributed by atoms with van der Waals surface area (Å²) in [6.07, 6.45) is 1.20. The molecule has 1 aromatic rings. The zero-order valence-corrected chi connectivity index (χ0v) is 12.7. The zero-order chi connectivity index (χ0) is 14.8. The van der Waals surface area contributed by atoms with Crippen molar-refractivity contribution in [1.29, 1.82) is 0 Å². The van der Waals surface area contributed by atoms with E-state index >= 15 is 0 Å². The number of hydrogen-bond acceptors (Lipinski definition) is 3. The average Bonchev–Trinajstić information content (AvgIpc) is 2.60. The summed E-state index contributed by atoms with van der Waals surface area (Å²) in [6, 6.07) is 7.95. The van der Waals surface area contributed by atoms with Crippen LogP contribution in [-0.2, 0) is 15.1 Å². The molecule has 0 bridgehead atoms. The Bertz CT molecular complexity index is 488. The highest BCUT2D eigenvalue weighted by Crippen LogP contribution is 2.38. The lowest BCUT2D eigenvalue weighted by molar-refractivity contribution is -0.148. The van der Waals surface area contributed by atoms with Gasteiger partial charge in [-0.2, -0.15) is 0 Å². The molecule has 1 fully saturated rings. The molecule has 1 saturated heterocycles. The van der Waals surface area contributed by atoms with Crippen molar-refractivity contribution in [2.75, 3.05) is 20.7 Å². The molecule has 0 aromatic heterocycles. The number of hydrogen-bond donors (Lipinski definition) is 0. The van der Waals surface area contributed by atoms with E-state index in [1.807, 2.05) is 32.2 Å². The minimum Gasteiger partial charge on any atom is -0.497 e. The molecular weight excluding hydrogens is 254 g/mol. The van der Waals surface area contributed by atoms with E-state index in [9.17, 15) is 4.79 Å². The Balaban J connectivity index is 2.39. The Kier molecular flexibility index (Phi) is 4.33. The van der Waals surface area contributed by atoms with Gasteiger partial charge in [-0.3, -0.25) is 4.79 Å². The molecule has 1 heterocycles. The van der Waals surface area contributed by atoms with Crippen molar-refractivity contribution < 1.29 is 14.3 Å². The Morgan fingerprint density at radius 1 is 1.50 bits per heavy atom. The molecule has 1 aliphatic rings. The number of benzene rings is 1. The smallest absolute Gasteiger partial charge is 0.251 e. The minimum absolute atomic E-state index is 0.0446. The van der Waals surface area contributed by atoms with Crippen LogP contribution >= 0.6 is 0 Å². The van der Waals surface area contributed by atoms with Crippen LogP contribution in [0, 0.1) is 0 Å². The SMILES string of the molecule is CCC1(c2cccc(OC)c2)CCN(C)C(=O)C(C)O1. The lowest BCUT2D eigenvalue weighted by Crippen LogP contribution is -2.35.